The smallest absolute Gasteiger partial charge is 0.409 e. The summed E-state index contributed by atoms with van der Waals surface area (Å²) in [6.45, 7) is 6.59. The number of nitrogens with one attached hydrogen (secondary N) is 2. The summed E-state index contributed by atoms with van der Waals surface area (Å²) >= 11 is 6.34. The number of halogens is 1. The van der Waals surface area contributed by atoms with Crippen LogP contribution in [-0.2, 0) is 10.4 Å². The fraction of sp³-hybridized carbons (Fsp3) is 0.682. The van der Waals surface area contributed by atoms with Gasteiger partial charge in [-0.15, -0.1) is 0 Å². The second-order valence-corrected chi connectivity index (χ2v) is 9.54. The number of benzene rings is 1. The lowest BCUT2D eigenvalue weighted by Gasteiger charge is -2.44. The summed E-state index contributed by atoms with van der Waals surface area (Å²) in [6, 6.07) is 7.89. The van der Waals surface area contributed by atoms with Crippen LogP contribution in [0, 0.1) is 11.8 Å². The highest BCUT2D eigenvalue weighted by Crippen LogP contribution is 2.40. The molecule has 0 saturated heterocycles. The third-order valence-electron chi connectivity index (χ3n) is 5.56. The lowest BCUT2D eigenvalue weighted by Crippen LogP contribution is -2.62. The Balaban J connectivity index is 1.95. The van der Waals surface area contributed by atoms with E-state index in [1.54, 1.807) is 0 Å². The zero-order chi connectivity index (χ0) is 19.5. The Kier molecular flexibility index (Phi) is 6.37. The van der Waals surface area contributed by atoms with Crippen molar-refractivity contribution in [3.63, 3.8) is 0 Å². The van der Waals surface area contributed by atoms with Crippen molar-refractivity contribution in [2.75, 3.05) is 6.54 Å². The van der Waals surface area contributed by atoms with Crippen molar-refractivity contribution >= 4 is 17.7 Å². The molecule has 1 atom stereocenters. The van der Waals surface area contributed by atoms with E-state index >= 15 is 0 Å². The molecule has 0 aliphatic heterocycles. The molecule has 2 fully saturated rings. The van der Waals surface area contributed by atoms with Crippen molar-refractivity contribution in [3.05, 3.63) is 34.9 Å². The largest absolute Gasteiger partial charge is 0.444 e. The van der Waals surface area contributed by atoms with E-state index in [1.807, 2.05) is 39.0 Å². The molecule has 1 amide bonds. The van der Waals surface area contributed by atoms with Crippen LogP contribution in [-0.4, -0.2) is 18.2 Å². The topological polar surface area (TPSA) is 50.4 Å². The summed E-state index contributed by atoms with van der Waals surface area (Å²) in [5, 5.41) is 7.69. The Morgan fingerprint density at radius 1 is 1.15 bits per heavy atom. The molecule has 0 spiro atoms. The number of ether oxygens (including phenoxy) is 1. The van der Waals surface area contributed by atoms with E-state index in [-0.39, 0.29) is 6.09 Å². The van der Waals surface area contributed by atoms with Crippen LogP contribution < -0.4 is 10.6 Å². The highest BCUT2D eigenvalue weighted by molar-refractivity contribution is 6.30. The van der Waals surface area contributed by atoms with Gasteiger partial charge in [0.2, 0.25) is 0 Å². The summed E-state index contributed by atoms with van der Waals surface area (Å²) in [5.41, 5.74) is -0.155. The van der Waals surface area contributed by atoms with Gasteiger partial charge in [-0.3, -0.25) is 10.6 Å². The van der Waals surface area contributed by atoms with Gasteiger partial charge in [0.15, 0.2) is 0 Å². The van der Waals surface area contributed by atoms with Crippen molar-refractivity contribution in [2.24, 2.45) is 11.8 Å². The van der Waals surface area contributed by atoms with Gasteiger partial charge in [0.05, 0.1) is 0 Å². The molecule has 2 aliphatic carbocycles. The first-order valence-electron chi connectivity index (χ1n) is 10.3. The highest BCUT2D eigenvalue weighted by atomic mass is 35.5. The number of hydrogen-bond acceptors (Lipinski definition) is 3. The molecule has 1 aromatic carbocycles. The minimum absolute atomic E-state index is 0.316. The summed E-state index contributed by atoms with van der Waals surface area (Å²) in [6.07, 6.45) is 7.95. The minimum Gasteiger partial charge on any atom is -0.444 e. The minimum atomic E-state index is -0.643. The average molecular weight is 393 g/mol. The number of rotatable bonds is 6. The maximum Gasteiger partial charge on any atom is 0.409 e. The molecule has 0 heterocycles. The van der Waals surface area contributed by atoms with E-state index in [1.165, 1.54) is 32.1 Å². The van der Waals surface area contributed by atoms with E-state index in [9.17, 15) is 4.79 Å². The number of amides is 1. The zero-order valence-corrected chi connectivity index (χ0v) is 17.6. The monoisotopic (exact) mass is 392 g/mol. The Morgan fingerprint density at radius 2 is 1.85 bits per heavy atom. The molecule has 0 aromatic heterocycles. The fourth-order valence-electron chi connectivity index (χ4n) is 4.06. The molecule has 1 unspecified atom stereocenters. The second kappa shape index (κ2) is 8.40. The third-order valence-corrected chi connectivity index (χ3v) is 5.80. The van der Waals surface area contributed by atoms with Gasteiger partial charge in [-0.05, 0) is 76.0 Å². The normalized spacial score (nSPS) is 20.7. The van der Waals surface area contributed by atoms with Crippen molar-refractivity contribution in [3.8, 4) is 0 Å². The van der Waals surface area contributed by atoms with E-state index in [4.69, 9.17) is 16.3 Å². The van der Waals surface area contributed by atoms with Gasteiger partial charge in [-0.2, -0.15) is 0 Å². The summed E-state index contributed by atoms with van der Waals surface area (Å²) in [4.78, 5) is 12.8. The summed E-state index contributed by atoms with van der Waals surface area (Å²) in [5.74, 6) is 1.02. The molecule has 5 heteroatoms. The number of carbonyl (C=O) groups excluding carboxylic acids is 1. The van der Waals surface area contributed by atoms with Crippen molar-refractivity contribution in [1.82, 2.24) is 10.6 Å². The van der Waals surface area contributed by atoms with Crippen LogP contribution >= 0.6 is 11.6 Å². The molecule has 150 valence electrons. The van der Waals surface area contributed by atoms with Crippen molar-refractivity contribution in [2.45, 2.75) is 77.0 Å². The van der Waals surface area contributed by atoms with Crippen LogP contribution in [0.1, 0.15) is 71.3 Å². The average Bonchev–Trinajstić information content (AvgIpc) is 3.42. The molecule has 0 bridgehead atoms. The molecular weight excluding hydrogens is 360 g/mol. The van der Waals surface area contributed by atoms with Gasteiger partial charge in [0.25, 0.3) is 0 Å². The Morgan fingerprint density at radius 3 is 2.44 bits per heavy atom. The fourth-order valence-corrected chi connectivity index (χ4v) is 4.25. The Hall–Kier alpha value is -1.26. The van der Waals surface area contributed by atoms with Crippen LogP contribution in [0.15, 0.2) is 24.3 Å². The van der Waals surface area contributed by atoms with Gasteiger partial charge in [0, 0.05) is 11.6 Å². The highest BCUT2D eigenvalue weighted by Gasteiger charge is 2.44. The van der Waals surface area contributed by atoms with Gasteiger partial charge < -0.3 is 4.74 Å². The second-order valence-electron chi connectivity index (χ2n) is 9.10. The first-order valence-corrected chi connectivity index (χ1v) is 10.7. The first kappa shape index (κ1) is 20.5. The van der Waals surface area contributed by atoms with E-state index < -0.39 is 11.3 Å². The molecular formula is C22H33ClN2O2. The number of carbonyl (C=O) groups is 1. The van der Waals surface area contributed by atoms with Crippen LogP contribution in [0.2, 0.25) is 5.02 Å². The SMILES string of the molecule is CC(C)(C)OC(=O)NC(NCC1CC1)(c1cccc(Cl)c1)C1CCCCC1. The van der Waals surface area contributed by atoms with E-state index in [2.05, 4.69) is 16.7 Å². The van der Waals surface area contributed by atoms with E-state index in [0.717, 1.165) is 24.9 Å². The molecule has 2 saturated carbocycles. The predicted octanol–water partition coefficient (Wildman–Crippen LogP) is 5.60. The first-order chi connectivity index (χ1) is 12.8. The molecule has 4 nitrogen and oxygen atoms in total. The third kappa shape index (κ3) is 5.61. The van der Waals surface area contributed by atoms with Crippen molar-refractivity contribution < 1.29 is 9.53 Å². The summed E-state index contributed by atoms with van der Waals surface area (Å²) < 4.78 is 5.64. The maximum atomic E-state index is 12.8. The Labute approximate surface area is 168 Å². The predicted molar refractivity (Wildman–Crippen MR) is 110 cm³/mol. The quantitative estimate of drug-likeness (QED) is 0.619. The maximum absolute atomic E-state index is 12.8. The standard InChI is InChI=1S/C22H33ClN2O2/c1-21(2,3)27-20(26)25-22(24-15-16-12-13-16,17-8-5-4-6-9-17)18-10-7-11-19(23)14-18/h7,10-11,14,16-17,24H,4-6,8-9,12-13,15H2,1-3H3,(H,25,26). The van der Waals surface area contributed by atoms with Gasteiger partial charge in [-0.25, -0.2) is 4.79 Å². The zero-order valence-electron chi connectivity index (χ0n) is 16.8. The number of alkyl carbamates (subject to hydrolysis) is 1. The van der Waals surface area contributed by atoms with Gasteiger partial charge in [0.1, 0.15) is 11.3 Å². The molecule has 27 heavy (non-hydrogen) atoms. The van der Waals surface area contributed by atoms with Gasteiger partial charge in [-0.1, -0.05) is 43.0 Å². The van der Waals surface area contributed by atoms with Crippen LogP contribution in [0.3, 0.4) is 0 Å². The Bertz CT molecular complexity index is 648. The van der Waals surface area contributed by atoms with E-state index in [0.29, 0.717) is 16.9 Å². The van der Waals surface area contributed by atoms with Crippen LogP contribution in [0.25, 0.3) is 0 Å². The lowest BCUT2D eigenvalue weighted by atomic mass is 9.76. The molecule has 0 radical (unpaired) electrons. The van der Waals surface area contributed by atoms with Crippen LogP contribution in [0.5, 0.6) is 0 Å². The molecule has 2 N–H and O–H groups in total. The molecule has 1 aromatic rings. The van der Waals surface area contributed by atoms with Gasteiger partial charge >= 0.3 is 6.09 Å². The molecule has 2 aliphatic rings. The molecule has 3 rings (SSSR count). The summed E-state index contributed by atoms with van der Waals surface area (Å²) in [7, 11) is 0. The van der Waals surface area contributed by atoms with Crippen molar-refractivity contribution in [1.29, 1.82) is 0 Å². The van der Waals surface area contributed by atoms with Crippen LogP contribution in [0.4, 0.5) is 4.79 Å². The lowest BCUT2D eigenvalue weighted by molar-refractivity contribution is 0.0305. The number of hydrogen-bond donors (Lipinski definition) is 2.